The molecular weight excluding hydrogens is 212 g/mol. The number of rotatable bonds is 4. The summed E-state index contributed by atoms with van der Waals surface area (Å²) in [6, 6.07) is 2.47. The number of benzene rings is 1. The van der Waals surface area contributed by atoms with Gasteiger partial charge in [-0.2, -0.15) is 0 Å². The maximum Gasteiger partial charge on any atom is 0.336 e. The van der Waals surface area contributed by atoms with Crippen molar-refractivity contribution in [3.63, 3.8) is 0 Å². The number of ether oxygens (including phenoxy) is 1. The Morgan fingerprint density at radius 3 is 2.56 bits per heavy atom. The molecule has 0 heterocycles. The molecule has 3 N–H and O–H groups in total. The van der Waals surface area contributed by atoms with Gasteiger partial charge in [-0.25, -0.2) is 4.79 Å². The molecule has 16 heavy (non-hydrogen) atoms. The van der Waals surface area contributed by atoms with Crippen molar-refractivity contribution >= 4 is 5.97 Å². The molecule has 1 rings (SSSR count). The first-order valence-corrected chi connectivity index (χ1v) is 4.84. The lowest BCUT2D eigenvalue weighted by atomic mass is 9.99. The molecule has 0 aliphatic carbocycles. The lowest BCUT2D eigenvalue weighted by Gasteiger charge is -2.16. The monoisotopic (exact) mass is 226 g/mol. The third-order valence-electron chi connectivity index (χ3n) is 2.33. The standard InChI is InChI=1S/C11H14O5/c1-3-7(12)9-6(11(14)15)4-5-8(13)10(9)16-2/h4-5,7,12-13H,3H2,1-2H3,(H,14,15). The quantitative estimate of drug-likeness (QED) is 0.724. The molecule has 0 saturated heterocycles. The average molecular weight is 226 g/mol. The lowest BCUT2D eigenvalue weighted by molar-refractivity contribution is 0.0687. The first-order valence-electron chi connectivity index (χ1n) is 4.84. The second-order valence-corrected chi connectivity index (χ2v) is 3.31. The fourth-order valence-electron chi connectivity index (χ4n) is 1.52. The Morgan fingerprint density at radius 1 is 1.50 bits per heavy atom. The van der Waals surface area contributed by atoms with E-state index in [0.717, 1.165) is 0 Å². The van der Waals surface area contributed by atoms with Crippen LogP contribution in [0, 0.1) is 0 Å². The minimum Gasteiger partial charge on any atom is -0.504 e. The molecule has 0 fully saturated rings. The Morgan fingerprint density at radius 2 is 2.12 bits per heavy atom. The van der Waals surface area contributed by atoms with E-state index >= 15 is 0 Å². The number of aliphatic hydroxyl groups excluding tert-OH is 1. The number of aliphatic hydroxyl groups is 1. The van der Waals surface area contributed by atoms with Crippen LogP contribution in [0.5, 0.6) is 11.5 Å². The smallest absolute Gasteiger partial charge is 0.336 e. The number of carbonyl (C=O) groups is 1. The molecule has 0 radical (unpaired) electrons. The maximum atomic E-state index is 11.0. The van der Waals surface area contributed by atoms with Gasteiger partial charge in [-0.1, -0.05) is 6.92 Å². The SMILES string of the molecule is CCC(O)c1c(C(=O)O)ccc(O)c1OC. The van der Waals surface area contributed by atoms with Crippen LogP contribution in [0.1, 0.15) is 35.4 Å². The summed E-state index contributed by atoms with van der Waals surface area (Å²) in [5.41, 5.74) is 0.0431. The van der Waals surface area contributed by atoms with E-state index in [1.54, 1.807) is 6.92 Å². The fraction of sp³-hybridized carbons (Fsp3) is 0.364. The molecule has 88 valence electrons. The number of carboxylic acid groups (broad SMARTS) is 1. The number of phenols is 1. The molecule has 1 unspecified atom stereocenters. The molecule has 1 aromatic carbocycles. The Labute approximate surface area is 92.9 Å². The number of carboxylic acids is 1. The zero-order valence-electron chi connectivity index (χ0n) is 9.10. The number of phenolic OH excluding ortho intramolecular Hbond substituents is 1. The van der Waals surface area contributed by atoms with Crippen molar-refractivity contribution in [2.24, 2.45) is 0 Å². The van der Waals surface area contributed by atoms with E-state index < -0.39 is 12.1 Å². The topological polar surface area (TPSA) is 87.0 Å². The highest BCUT2D eigenvalue weighted by Gasteiger charge is 2.23. The predicted molar refractivity (Wildman–Crippen MR) is 56.9 cm³/mol. The predicted octanol–water partition coefficient (Wildman–Crippen LogP) is 1.54. The van der Waals surface area contributed by atoms with Gasteiger partial charge >= 0.3 is 5.97 Å². The van der Waals surface area contributed by atoms with E-state index in [0.29, 0.717) is 6.42 Å². The highest BCUT2D eigenvalue weighted by molar-refractivity contribution is 5.91. The zero-order valence-corrected chi connectivity index (χ0v) is 9.10. The van der Waals surface area contributed by atoms with Gasteiger partial charge in [0.15, 0.2) is 11.5 Å². The molecule has 5 heteroatoms. The molecule has 0 bridgehead atoms. The Hall–Kier alpha value is -1.75. The van der Waals surface area contributed by atoms with Crippen molar-refractivity contribution < 1.29 is 24.9 Å². The molecule has 1 aromatic rings. The van der Waals surface area contributed by atoms with Gasteiger partial charge in [0.25, 0.3) is 0 Å². The molecular formula is C11H14O5. The number of aromatic hydroxyl groups is 1. The summed E-state index contributed by atoms with van der Waals surface area (Å²) in [5.74, 6) is -1.34. The van der Waals surface area contributed by atoms with Gasteiger partial charge in [0.2, 0.25) is 0 Å². The van der Waals surface area contributed by atoms with Crippen molar-refractivity contribution in [3.05, 3.63) is 23.3 Å². The van der Waals surface area contributed by atoms with Gasteiger partial charge in [-0.3, -0.25) is 0 Å². The first-order chi connectivity index (χ1) is 7.52. The summed E-state index contributed by atoms with van der Waals surface area (Å²) in [7, 11) is 1.31. The van der Waals surface area contributed by atoms with E-state index in [1.807, 2.05) is 0 Å². The average Bonchev–Trinajstić information content (AvgIpc) is 2.27. The van der Waals surface area contributed by atoms with E-state index in [9.17, 15) is 15.0 Å². The second kappa shape index (κ2) is 4.85. The number of hydrogen-bond acceptors (Lipinski definition) is 4. The van der Waals surface area contributed by atoms with Crippen molar-refractivity contribution in [3.8, 4) is 11.5 Å². The highest BCUT2D eigenvalue weighted by Crippen LogP contribution is 2.37. The second-order valence-electron chi connectivity index (χ2n) is 3.31. The van der Waals surface area contributed by atoms with Crippen molar-refractivity contribution in [1.29, 1.82) is 0 Å². The van der Waals surface area contributed by atoms with E-state index in [4.69, 9.17) is 9.84 Å². The van der Waals surface area contributed by atoms with Crippen LogP contribution in [0.2, 0.25) is 0 Å². The van der Waals surface area contributed by atoms with Crippen LogP contribution in [0.4, 0.5) is 0 Å². The van der Waals surface area contributed by atoms with E-state index in [1.165, 1.54) is 19.2 Å². The summed E-state index contributed by atoms with van der Waals surface area (Å²) < 4.78 is 4.92. The molecule has 0 amide bonds. The van der Waals surface area contributed by atoms with Crippen LogP contribution in [-0.2, 0) is 0 Å². The molecule has 1 atom stereocenters. The lowest BCUT2D eigenvalue weighted by Crippen LogP contribution is -2.08. The van der Waals surface area contributed by atoms with Gasteiger partial charge in [-0.15, -0.1) is 0 Å². The normalized spacial score (nSPS) is 12.2. The number of hydrogen-bond donors (Lipinski definition) is 3. The van der Waals surface area contributed by atoms with E-state index in [-0.39, 0.29) is 22.6 Å². The molecule has 0 aromatic heterocycles. The minimum absolute atomic E-state index is 0.00856. The van der Waals surface area contributed by atoms with Crippen LogP contribution in [0.25, 0.3) is 0 Å². The molecule has 0 aliphatic heterocycles. The van der Waals surface area contributed by atoms with Gasteiger partial charge in [0.05, 0.1) is 18.8 Å². The van der Waals surface area contributed by atoms with Crippen LogP contribution in [0.3, 0.4) is 0 Å². The van der Waals surface area contributed by atoms with E-state index in [2.05, 4.69) is 0 Å². The molecule has 5 nitrogen and oxygen atoms in total. The summed E-state index contributed by atoms with van der Waals surface area (Å²) in [4.78, 5) is 11.0. The summed E-state index contributed by atoms with van der Waals surface area (Å²) >= 11 is 0. The summed E-state index contributed by atoms with van der Waals surface area (Å²) in [5, 5.41) is 28.2. The van der Waals surface area contributed by atoms with Crippen molar-refractivity contribution in [2.45, 2.75) is 19.4 Å². The van der Waals surface area contributed by atoms with Crippen molar-refractivity contribution in [1.82, 2.24) is 0 Å². The summed E-state index contributed by atoms with van der Waals surface area (Å²) in [6.45, 7) is 1.71. The van der Waals surface area contributed by atoms with Crippen LogP contribution in [0.15, 0.2) is 12.1 Å². The zero-order chi connectivity index (χ0) is 12.3. The largest absolute Gasteiger partial charge is 0.504 e. The highest BCUT2D eigenvalue weighted by atomic mass is 16.5. The van der Waals surface area contributed by atoms with Gasteiger partial charge in [-0.05, 0) is 18.6 Å². The summed E-state index contributed by atoms with van der Waals surface area (Å²) in [6.07, 6.45) is -0.645. The van der Waals surface area contributed by atoms with Crippen LogP contribution >= 0.6 is 0 Å². The number of methoxy groups -OCH3 is 1. The maximum absolute atomic E-state index is 11.0. The van der Waals surface area contributed by atoms with Crippen LogP contribution in [-0.4, -0.2) is 28.4 Å². The molecule has 0 aliphatic rings. The van der Waals surface area contributed by atoms with Crippen molar-refractivity contribution in [2.75, 3.05) is 7.11 Å². The third-order valence-corrected chi connectivity index (χ3v) is 2.33. The minimum atomic E-state index is -1.17. The molecule has 0 saturated carbocycles. The Bertz CT molecular complexity index is 400. The molecule has 0 spiro atoms. The van der Waals surface area contributed by atoms with Gasteiger partial charge in [0, 0.05) is 5.56 Å². The third kappa shape index (κ3) is 2.09. The number of aromatic carboxylic acids is 1. The fourth-order valence-corrected chi connectivity index (χ4v) is 1.52. The Kier molecular flexibility index (Phi) is 3.73. The van der Waals surface area contributed by atoms with Gasteiger partial charge < -0.3 is 20.1 Å². The Balaban J connectivity index is 3.47. The van der Waals surface area contributed by atoms with Gasteiger partial charge in [0.1, 0.15) is 0 Å². The van der Waals surface area contributed by atoms with Crippen LogP contribution < -0.4 is 4.74 Å². The first kappa shape index (κ1) is 12.3.